The Labute approximate surface area is 189 Å². The van der Waals surface area contributed by atoms with E-state index in [1.807, 2.05) is 6.92 Å². The van der Waals surface area contributed by atoms with Crippen molar-refractivity contribution >= 4 is 45.9 Å². The van der Waals surface area contributed by atoms with Crippen LogP contribution >= 0.6 is 24.0 Å². The number of carbonyl (C=O) groups is 1. The Morgan fingerprint density at radius 1 is 1.28 bits per heavy atom. The van der Waals surface area contributed by atoms with E-state index in [4.69, 9.17) is 9.88 Å². The van der Waals surface area contributed by atoms with Crippen LogP contribution in [0.4, 0.5) is 0 Å². The van der Waals surface area contributed by atoms with Gasteiger partial charge in [-0.1, -0.05) is 12.1 Å². The molecule has 0 aliphatic carbocycles. The number of nitrogens with one attached hydrogen (secondary N) is 2. The number of nitrogens with two attached hydrogens (primary N) is 1. The Bertz CT molecular complexity index is 806. The first-order chi connectivity index (χ1) is 13.1. The van der Waals surface area contributed by atoms with E-state index in [0.717, 1.165) is 25.0 Å². The molecule has 11 heteroatoms. The van der Waals surface area contributed by atoms with Crippen LogP contribution in [0.2, 0.25) is 0 Å². The highest BCUT2D eigenvalue weighted by molar-refractivity contribution is 14.0. The molecule has 1 aliphatic rings. The van der Waals surface area contributed by atoms with Gasteiger partial charge in [0.25, 0.3) is 0 Å². The number of carbonyl (C=O) groups excluding carboxylic acids is 1. The summed E-state index contributed by atoms with van der Waals surface area (Å²) in [5, 5.41) is 11.4. The highest BCUT2D eigenvalue weighted by atomic mass is 127. The molecule has 1 saturated heterocycles. The number of benzene rings is 1. The van der Waals surface area contributed by atoms with E-state index in [2.05, 4.69) is 15.6 Å². The third-order valence-corrected chi connectivity index (χ3v) is 5.44. The van der Waals surface area contributed by atoms with Gasteiger partial charge in [0.05, 0.1) is 23.6 Å². The molecule has 0 saturated carbocycles. The molecular formula is C18H30IN5O4S. The number of primary sulfonamides is 1. The fourth-order valence-corrected chi connectivity index (χ4v) is 3.21. The van der Waals surface area contributed by atoms with E-state index >= 15 is 0 Å². The van der Waals surface area contributed by atoms with Crippen LogP contribution in [0.3, 0.4) is 0 Å². The molecule has 0 bridgehead atoms. The lowest BCUT2D eigenvalue weighted by Gasteiger charge is -2.25. The van der Waals surface area contributed by atoms with Crippen molar-refractivity contribution in [2.75, 3.05) is 33.8 Å². The second kappa shape index (κ2) is 11.1. The molecular weight excluding hydrogens is 509 g/mol. The van der Waals surface area contributed by atoms with Crippen molar-refractivity contribution in [2.45, 2.75) is 36.8 Å². The van der Waals surface area contributed by atoms with E-state index in [0.29, 0.717) is 19.0 Å². The second-order valence-corrected chi connectivity index (χ2v) is 8.81. The molecule has 29 heavy (non-hydrogen) atoms. The predicted molar refractivity (Wildman–Crippen MR) is 123 cm³/mol. The van der Waals surface area contributed by atoms with E-state index in [9.17, 15) is 13.2 Å². The first kappa shape index (κ1) is 25.6. The standard InChI is InChI=1S/C18H29N5O4S.HI/c1-18(9-4-10-27-18)13-22-17(21-12-16(24)23(2)3)20-11-14-5-7-15(8-6-14)28(19,25)26;/h5-8H,4,9-13H2,1-3H3,(H2,19,25,26)(H2,20,21,22);1H. The minimum Gasteiger partial charge on any atom is -0.373 e. The number of hydrogen-bond acceptors (Lipinski definition) is 5. The Morgan fingerprint density at radius 3 is 2.45 bits per heavy atom. The van der Waals surface area contributed by atoms with Crippen LogP contribution in [0.15, 0.2) is 34.2 Å². The molecule has 0 spiro atoms. The van der Waals surface area contributed by atoms with Crippen molar-refractivity contribution < 1.29 is 17.9 Å². The van der Waals surface area contributed by atoms with Gasteiger partial charge in [-0.2, -0.15) is 0 Å². The largest absolute Gasteiger partial charge is 0.373 e. The summed E-state index contributed by atoms with van der Waals surface area (Å²) < 4.78 is 28.4. The summed E-state index contributed by atoms with van der Waals surface area (Å²) in [6.45, 7) is 3.78. The maximum Gasteiger partial charge on any atom is 0.241 e. The first-order valence-corrected chi connectivity index (χ1v) is 10.6. The molecule has 164 valence electrons. The van der Waals surface area contributed by atoms with E-state index in [1.54, 1.807) is 26.2 Å². The Kier molecular flexibility index (Phi) is 9.79. The van der Waals surface area contributed by atoms with Gasteiger partial charge in [-0.05, 0) is 37.5 Å². The quantitative estimate of drug-likeness (QED) is 0.266. The Morgan fingerprint density at radius 2 is 1.93 bits per heavy atom. The maximum absolute atomic E-state index is 11.9. The van der Waals surface area contributed by atoms with Crippen LogP contribution in [0.25, 0.3) is 0 Å². The smallest absolute Gasteiger partial charge is 0.241 e. The minimum absolute atomic E-state index is 0. The number of aliphatic imine (C=N–C) groups is 1. The lowest BCUT2D eigenvalue weighted by Crippen LogP contribution is -2.47. The van der Waals surface area contributed by atoms with Crippen LogP contribution in [0.5, 0.6) is 0 Å². The zero-order valence-electron chi connectivity index (χ0n) is 17.0. The predicted octanol–water partition coefficient (Wildman–Crippen LogP) is 0.645. The fraction of sp³-hybridized carbons (Fsp3) is 0.556. The molecule has 0 aromatic heterocycles. The number of hydrogen-bond donors (Lipinski definition) is 3. The average Bonchev–Trinajstić information content (AvgIpc) is 3.07. The zero-order chi connectivity index (χ0) is 20.8. The summed E-state index contributed by atoms with van der Waals surface area (Å²) in [6.07, 6.45) is 1.98. The van der Waals surface area contributed by atoms with Gasteiger partial charge in [0, 0.05) is 27.2 Å². The topological polar surface area (TPSA) is 126 Å². The van der Waals surface area contributed by atoms with Crippen molar-refractivity contribution in [1.29, 1.82) is 0 Å². The number of amides is 1. The number of rotatable bonds is 7. The molecule has 1 fully saturated rings. The van der Waals surface area contributed by atoms with Crippen LogP contribution in [-0.2, 0) is 26.1 Å². The SMILES string of the molecule is CN(C)C(=O)CNC(=NCc1ccc(S(N)(=O)=O)cc1)NCC1(C)CCCO1.I. The third-order valence-electron chi connectivity index (χ3n) is 4.51. The number of guanidine groups is 1. The number of likely N-dealkylation sites (N-methyl/N-ethyl adjacent to an activating group) is 1. The summed E-state index contributed by atoms with van der Waals surface area (Å²) in [7, 11) is -0.340. The number of halogens is 1. The third kappa shape index (κ3) is 8.44. The highest BCUT2D eigenvalue weighted by Gasteiger charge is 2.29. The summed E-state index contributed by atoms with van der Waals surface area (Å²) >= 11 is 0. The van der Waals surface area contributed by atoms with Gasteiger partial charge < -0.3 is 20.3 Å². The second-order valence-electron chi connectivity index (χ2n) is 7.25. The Balaban J connectivity index is 0.00000420. The van der Waals surface area contributed by atoms with Crippen molar-refractivity contribution in [2.24, 2.45) is 10.1 Å². The summed E-state index contributed by atoms with van der Waals surface area (Å²) in [4.78, 5) is 17.9. The van der Waals surface area contributed by atoms with Crippen LogP contribution in [0.1, 0.15) is 25.3 Å². The van der Waals surface area contributed by atoms with E-state index < -0.39 is 10.0 Å². The molecule has 1 unspecified atom stereocenters. The number of ether oxygens (including phenoxy) is 1. The van der Waals surface area contributed by atoms with E-state index in [-0.39, 0.29) is 46.9 Å². The molecule has 9 nitrogen and oxygen atoms in total. The van der Waals surface area contributed by atoms with Crippen molar-refractivity contribution in [3.63, 3.8) is 0 Å². The van der Waals surface area contributed by atoms with Crippen molar-refractivity contribution in [3.8, 4) is 0 Å². The maximum atomic E-state index is 11.9. The first-order valence-electron chi connectivity index (χ1n) is 9.07. The molecule has 2 rings (SSSR count). The lowest BCUT2D eigenvalue weighted by molar-refractivity contribution is -0.127. The molecule has 0 radical (unpaired) electrons. The van der Waals surface area contributed by atoms with Gasteiger partial charge in [0.2, 0.25) is 15.9 Å². The fourth-order valence-electron chi connectivity index (χ4n) is 2.69. The van der Waals surface area contributed by atoms with Gasteiger partial charge in [-0.3, -0.25) is 4.79 Å². The van der Waals surface area contributed by atoms with Gasteiger partial charge >= 0.3 is 0 Å². The molecule has 1 aromatic carbocycles. The number of sulfonamides is 1. The monoisotopic (exact) mass is 539 g/mol. The summed E-state index contributed by atoms with van der Waals surface area (Å²) in [5.41, 5.74) is 0.557. The molecule has 1 amide bonds. The summed E-state index contributed by atoms with van der Waals surface area (Å²) in [6, 6.07) is 6.22. The van der Waals surface area contributed by atoms with Crippen LogP contribution in [0, 0.1) is 0 Å². The average molecular weight is 539 g/mol. The van der Waals surface area contributed by atoms with Crippen LogP contribution in [-0.4, -0.2) is 64.6 Å². The van der Waals surface area contributed by atoms with Gasteiger partial charge in [0.1, 0.15) is 0 Å². The molecule has 1 atom stereocenters. The Hall–Kier alpha value is -1.44. The van der Waals surface area contributed by atoms with Gasteiger partial charge in [-0.15, -0.1) is 24.0 Å². The minimum atomic E-state index is -3.72. The van der Waals surface area contributed by atoms with Crippen LogP contribution < -0.4 is 15.8 Å². The van der Waals surface area contributed by atoms with E-state index in [1.165, 1.54) is 17.0 Å². The molecule has 1 aliphatic heterocycles. The molecule has 1 aromatic rings. The van der Waals surface area contributed by atoms with Gasteiger partial charge in [-0.25, -0.2) is 18.5 Å². The van der Waals surface area contributed by atoms with Gasteiger partial charge in [0.15, 0.2) is 5.96 Å². The van der Waals surface area contributed by atoms with Crippen molar-refractivity contribution in [1.82, 2.24) is 15.5 Å². The normalized spacial score (nSPS) is 19.4. The lowest BCUT2D eigenvalue weighted by atomic mass is 10.0. The summed E-state index contributed by atoms with van der Waals surface area (Å²) in [5.74, 6) is 0.415. The number of nitrogens with zero attached hydrogens (tertiary/aromatic N) is 2. The van der Waals surface area contributed by atoms with Crippen molar-refractivity contribution in [3.05, 3.63) is 29.8 Å². The zero-order valence-corrected chi connectivity index (χ0v) is 20.1. The highest BCUT2D eigenvalue weighted by Crippen LogP contribution is 2.23. The molecule has 1 heterocycles. The molecule has 4 N–H and O–H groups in total.